The van der Waals surface area contributed by atoms with Crippen LogP contribution < -0.4 is 4.90 Å². The van der Waals surface area contributed by atoms with Crippen molar-refractivity contribution in [3.8, 4) is 0 Å². The van der Waals surface area contributed by atoms with Crippen molar-refractivity contribution >= 4 is 5.82 Å². The van der Waals surface area contributed by atoms with Gasteiger partial charge in [-0.05, 0) is 31.2 Å². The highest BCUT2D eigenvalue weighted by Gasteiger charge is 2.35. The highest BCUT2D eigenvalue weighted by atomic mass is 19.1. The first-order valence-electron chi connectivity index (χ1n) is 8.33. The molecule has 0 radical (unpaired) electrons. The third kappa shape index (κ3) is 2.76. The largest absolute Gasteiger partial charge is 0.391 e. The Morgan fingerprint density at radius 2 is 2.17 bits per heavy atom. The Bertz CT molecular complexity index is 754. The first kappa shape index (κ1) is 15.5. The molecule has 1 aromatic heterocycles. The fourth-order valence-corrected chi connectivity index (χ4v) is 3.79. The minimum Gasteiger partial charge on any atom is -0.391 e. The molecular formula is C18H21FN4O. The van der Waals surface area contributed by atoms with Gasteiger partial charge in [-0.15, -0.1) is 0 Å². The lowest BCUT2D eigenvalue weighted by Gasteiger charge is -2.31. The third-order valence-electron chi connectivity index (χ3n) is 4.95. The van der Waals surface area contributed by atoms with Crippen LogP contribution in [0.15, 0.2) is 30.6 Å². The SMILES string of the molecule is CN1CCc2ncnc(N3C[C@H](O)C[C@@H]3c3cccc(F)c3)c2C1. The second kappa shape index (κ2) is 6.11. The van der Waals surface area contributed by atoms with E-state index in [4.69, 9.17) is 0 Å². The molecule has 1 fully saturated rings. The highest BCUT2D eigenvalue weighted by Crippen LogP contribution is 2.38. The summed E-state index contributed by atoms with van der Waals surface area (Å²) in [6.07, 6.45) is 2.65. The van der Waals surface area contributed by atoms with E-state index < -0.39 is 6.10 Å². The molecule has 0 amide bonds. The minimum atomic E-state index is -0.440. The molecule has 0 spiro atoms. The number of benzene rings is 1. The third-order valence-corrected chi connectivity index (χ3v) is 4.95. The van der Waals surface area contributed by atoms with E-state index in [1.54, 1.807) is 18.5 Å². The Kier molecular flexibility index (Phi) is 3.94. The summed E-state index contributed by atoms with van der Waals surface area (Å²) in [4.78, 5) is 13.3. The molecule has 2 atom stereocenters. The van der Waals surface area contributed by atoms with Crippen LogP contribution in [0.2, 0.25) is 0 Å². The molecule has 0 bridgehead atoms. The Hall–Kier alpha value is -2.05. The average Bonchev–Trinajstić information content (AvgIpc) is 2.96. The van der Waals surface area contributed by atoms with Crippen LogP contribution in [-0.4, -0.2) is 46.2 Å². The van der Waals surface area contributed by atoms with E-state index in [0.29, 0.717) is 13.0 Å². The average molecular weight is 328 g/mol. The molecule has 4 rings (SSSR count). The molecule has 3 heterocycles. The van der Waals surface area contributed by atoms with Gasteiger partial charge in [-0.1, -0.05) is 12.1 Å². The number of nitrogens with zero attached hydrogens (tertiary/aromatic N) is 4. The van der Waals surface area contributed by atoms with E-state index >= 15 is 0 Å². The maximum absolute atomic E-state index is 13.7. The number of rotatable bonds is 2. The monoisotopic (exact) mass is 328 g/mol. The van der Waals surface area contributed by atoms with Gasteiger partial charge in [-0.2, -0.15) is 0 Å². The molecule has 1 aromatic carbocycles. The van der Waals surface area contributed by atoms with Crippen molar-refractivity contribution in [1.82, 2.24) is 14.9 Å². The molecule has 1 saturated heterocycles. The van der Waals surface area contributed by atoms with E-state index in [0.717, 1.165) is 42.1 Å². The van der Waals surface area contributed by atoms with Crippen molar-refractivity contribution in [2.75, 3.05) is 25.0 Å². The number of aliphatic hydroxyl groups excluding tert-OH is 1. The zero-order chi connectivity index (χ0) is 16.7. The zero-order valence-corrected chi connectivity index (χ0v) is 13.7. The van der Waals surface area contributed by atoms with Crippen LogP contribution in [0.3, 0.4) is 0 Å². The second-order valence-electron chi connectivity index (χ2n) is 6.72. The van der Waals surface area contributed by atoms with Crippen LogP contribution in [0, 0.1) is 5.82 Å². The van der Waals surface area contributed by atoms with Crippen molar-refractivity contribution in [2.24, 2.45) is 0 Å². The number of aliphatic hydroxyl groups is 1. The molecular weight excluding hydrogens is 307 g/mol. The van der Waals surface area contributed by atoms with Gasteiger partial charge in [0.2, 0.25) is 0 Å². The standard InChI is InChI=1S/C18H21FN4O/c1-22-6-5-16-15(10-22)18(21-11-20-16)23-9-14(24)8-17(23)12-3-2-4-13(19)7-12/h2-4,7,11,14,17,24H,5-6,8-10H2,1H3/t14-,17-/m1/s1. The van der Waals surface area contributed by atoms with Crippen molar-refractivity contribution in [3.63, 3.8) is 0 Å². The topological polar surface area (TPSA) is 52.5 Å². The van der Waals surface area contributed by atoms with Gasteiger partial charge >= 0.3 is 0 Å². The lowest BCUT2D eigenvalue weighted by atomic mass is 10.0. The minimum absolute atomic E-state index is 0.0677. The van der Waals surface area contributed by atoms with Crippen LogP contribution >= 0.6 is 0 Å². The second-order valence-corrected chi connectivity index (χ2v) is 6.72. The lowest BCUT2D eigenvalue weighted by molar-refractivity contribution is 0.194. The van der Waals surface area contributed by atoms with E-state index in [1.165, 1.54) is 6.07 Å². The summed E-state index contributed by atoms with van der Waals surface area (Å²) in [6.45, 7) is 2.29. The first-order chi connectivity index (χ1) is 11.6. The van der Waals surface area contributed by atoms with Gasteiger partial charge in [-0.3, -0.25) is 0 Å². The maximum Gasteiger partial charge on any atom is 0.137 e. The lowest BCUT2D eigenvalue weighted by Crippen LogP contribution is -2.32. The number of halogens is 1. The van der Waals surface area contributed by atoms with Gasteiger partial charge in [0.25, 0.3) is 0 Å². The molecule has 0 unspecified atom stereocenters. The number of β-amino-alcohol motifs (C(OH)–C–C–N with tert-alkyl or cyclic N) is 1. The van der Waals surface area contributed by atoms with Gasteiger partial charge < -0.3 is 14.9 Å². The van der Waals surface area contributed by atoms with Crippen LogP contribution in [-0.2, 0) is 13.0 Å². The summed E-state index contributed by atoms with van der Waals surface area (Å²) in [5.41, 5.74) is 3.09. The summed E-state index contributed by atoms with van der Waals surface area (Å²) in [7, 11) is 2.09. The summed E-state index contributed by atoms with van der Waals surface area (Å²) >= 11 is 0. The van der Waals surface area contributed by atoms with E-state index in [2.05, 4.69) is 26.8 Å². The van der Waals surface area contributed by atoms with Crippen LogP contribution in [0.4, 0.5) is 10.2 Å². The maximum atomic E-state index is 13.7. The van der Waals surface area contributed by atoms with Crippen molar-refractivity contribution in [3.05, 3.63) is 53.2 Å². The van der Waals surface area contributed by atoms with Crippen LogP contribution in [0.1, 0.15) is 29.3 Å². The van der Waals surface area contributed by atoms with Crippen LogP contribution in [0.5, 0.6) is 0 Å². The summed E-state index contributed by atoms with van der Waals surface area (Å²) < 4.78 is 13.7. The number of aromatic nitrogens is 2. The molecule has 6 heteroatoms. The Morgan fingerprint density at radius 1 is 1.29 bits per heavy atom. The number of likely N-dealkylation sites (N-methyl/N-ethyl adjacent to an activating group) is 1. The van der Waals surface area contributed by atoms with Crippen LogP contribution in [0.25, 0.3) is 0 Å². The van der Waals surface area contributed by atoms with Gasteiger partial charge in [0.1, 0.15) is 18.0 Å². The number of fused-ring (bicyclic) bond motifs is 1. The Morgan fingerprint density at radius 3 is 3.00 bits per heavy atom. The van der Waals surface area contributed by atoms with Crippen molar-refractivity contribution in [1.29, 1.82) is 0 Å². The molecule has 5 nitrogen and oxygen atoms in total. The molecule has 2 aliphatic rings. The molecule has 1 N–H and O–H groups in total. The number of hydrogen-bond acceptors (Lipinski definition) is 5. The predicted molar refractivity (Wildman–Crippen MR) is 89.2 cm³/mol. The summed E-state index contributed by atoms with van der Waals surface area (Å²) in [5.74, 6) is 0.621. The normalized spacial score (nSPS) is 24.2. The van der Waals surface area contributed by atoms with Gasteiger partial charge in [-0.25, -0.2) is 14.4 Å². The summed E-state index contributed by atoms with van der Waals surface area (Å²) in [6, 6.07) is 6.56. The number of anilines is 1. The van der Waals surface area contributed by atoms with E-state index in [9.17, 15) is 9.50 Å². The quantitative estimate of drug-likeness (QED) is 0.913. The Labute approximate surface area is 140 Å². The zero-order valence-electron chi connectivity index (χ0n) is 13.7. The number of hydrogen-bond donors (Lipinski definition) is 1. The highest BCUT2D eigenvalue weighted by molar-refractivity contribution is 5.53. The predicted octanol–water partition coefficient (Wildman–Crippen LogP) is 1.92. The molecule has 126 valence electrons. The molecule has 24 heavy (non-hydrogen) atoms. The van der Waals surface area contributed by atoms with Gasteiger partial charge in [0.15, 0.2) is 0 Å². The Balaban J connectivity index is 1.75. The molecule has 0 aliphatic carbocycles. The van der Waals surface area contributed by atoms with E-state index in [1.807, 2.05) is 6.07 Å². The van der Waals surface area contributed by atoms with Crippen molar-refractivity contribution < 1.29 is 9.50 Å². The fourth-order valence-electron chi connectivity index (χ4n) is 3.79. The smallest absolute Gasteiger partial charge is 0.137 e. The van der Waals surface area contributed by atoms with Crippen molar-refractivity contribution in [2.45, 2.75) is 31.5 Å². The first-order valence-corrected chi connectivity index (χ1v) is 8.33. The molecule has 0 saturated carbocycles. The molecule has 2 aliphatic heterocycles. The fraction of sp³-hybridized carbons (Fsp3) is 0.444. The van der Waals surface area contributed by atoms with E-state index in [-0.39, 0.29) is 11.9 Å². The van der Waals surface area contributed by atoms with Gasteiger partial charge in [0, 0.05) is 31.6 Å². The van der Waals surface area contributed by atoms with Gasteiger partial charge in [0.05, 0.1) is 17.8 Å². The summed E-state index contributed by atoms with van der Waals surface area (Å²) in [5, 5.41) is 10.2. The molecule has 2 aromatic rings.